The standard InChI is InChI=1S/C21H24N4O5/c1-2-4-20(26)22-15-5-3-6-16(13-15)23-21(27)18-14-17(25(28)29)7-8-19(18)24-9-11-30-12-10-24/h3,5-8,13-14H,2,4,9-12H2,1H3,(H,22,26)(H,23,27). The normalized spacial score (nSPS) is 13.6. The first-order chi connectivity index (χ1) is 14.5. The zero-order valence-corrected chi connectivity index (χ0v) is 16.7. The predicted molar refractivity (Wildman–Crippen MR) is 114 cm³/mol. The Labute approximate surface area is 174 Å². The fraction of sp³-hybridized carbons (Fsp3) is 0.333. The van der Waals surface area contributed by atoms with Gasteiger partial charge in [-0.15, -0.1) is 0 Å². The zero-order chi connectivity index (χ0) is 21.5. The van der Waals surface area contributed by atoms with E-state index in [0.717, 1.165) is 6.42 Å². The van der Waals surface area contributed by atoms with Crippen LogP contribution in [0.2, 0.25) is 0 Å². The molecular formula is C21H24N4O5. The summed E-state index contributed by atoms with van der Waals surface area (Å²) in [4.78, 5) is 37.5. The van der Waals surface area contributed by atoms with E-state index in [0.29, 0.717) is 49.8 Å². The Balaban J connectivity index is 1.84. The molecule has 0 atom stereocenters. The van der Waals surface area contributed by atoms with E-state index in [1.54, 1.807) is 30.3 Å². The third-order valence-corrected chi connectivity index (χ3v) is 4.67. The first kappa shape index (κ1) is 21.3. The highest BCUT2D eigenvalue weighted by molar-refractivity contribution is 6.09. The molecule has 0 bridgehead atoms. The predicted octanol–water partition coefficient (Wildman–Crippen LogP) is 3.42. The molecular weight excluding hydrogens is 388 g/mol. The van der Waals surface area contributed by atoms with Crippen molar-refractivity contribution in [3.63, 3.8) is 0 Å². The second-order valence-electron chi connectivity index (χ2n) is 6.89. The molecule has 1 fully saturated rings. The lowest BCUT2D eigenvalue weighted by Gasteiger charge is -2.30. The number of nitro groups is 1. The van der Waals surface area contributed by atoms with Crippen LogP contribution in [-0.4, -0.2) is 43.0 Å². The third-order valence-electron chi connectivity index (χ3n) is 4.67. The number of hydrogen-bond donors (Lipinski definition) is 2. The number of carbonyl (C=O) groups is 2. The van der Waals surface area contributed by atoms with Crippen molar-refractivity contribution in [2.45, 2.75) is 19.8 Å². The molecule has 2 N–H and O–H groups in total. The molecule has 0 spiro atoms. The second-order valence-corrected chi connectivity index (χ2v) is 6.89. The van der Waals surface area contributed by atoms with Crippen molar-refractivity contribution in [1.82, 2.24) is 0 Å². The van der Waals surface area contributed by atoms with Gasteiger partial charge in [-0.3, -0.25) is 19.7 Å². The van der Waals surface area contributed by atoms with Crippen LogP contribution in [-0.2, 0) is 9.53 Å². The number of hydrogen-bond acceptors (Lipinski definition) is 6. The summed E-state index contributed by atoms with van der Waals surface area (Å²) in [6.07, 6.45) is 1.15. The van der Waals surface area contributed by atoms with Crippen LogP contribution in [0.15, 0.2) is 42.5 Å². The Bertz CT molecular complexity index is 941. The number of anilines is 3. The summed E-state index contributed by atoms with van der Waals surface area (Å²) in [5.41, 5.74) is 1.73. The topological polar surface area (TPSA) is 114 Å². The fourth-order valence-corrected chi connectivity index (χ4v) is 3.22. The summed E-state index contributed by atoms with van der Waals surface area (Å²) in [6, 6.07) is 11.1. The van der Waals surface area contributed by atoms with Gasteiger partial charge in [-0.1, -0.05) is 13.0 Å². The minimum atomic E-state index is -0.524. The van der Waals surface area contributed by atoms with Gasteiger partial charge < -0.3 is 20.3 Å². The number of ether oxygens (including phenoxy) is 1. The van der Waals surface area contributed by atoms with E-state index in [-0.39, 0.29) is 17.2 Å². The van der Waals surface area contributed by atoms with Crippen LogP contribution in [0.4, 0.5) is 22.7 Å². The number of morpholine rings is 1. The molecule has 9 nitrogen and oxygen atoms in total. The van der Waals surface area contributed by atoms with Crippen LogP contribution in [0.3, 0.4) is 0 Å². The van der Waals surface area contributed by atoms with Crippen molar-refractivity contribution in [2.24, 2.45) is 0 Å². The maximum atomic E-state index is 13.0. The van der Waals surface area contributed by atoms with E-state index in [9.17, 15) is 19.7 Å². The van der Waals surface area contributed by atoms with Gasteiger partial charge in [-0.05, 0) is 30.7 Å². The Morgan fingerprint density at radius 1 is 1.10 bits per heavy atom. The van der Waals surface area contributed by atoms with E-state index in [2.05, 4.69) is 10.6 Å². The number of nitrogens with one attached hydrogen (secondary N) is 2. The Kier molecular flexibility index (Phi) is 6.97. The molecule has 1 saturated heterocycles. The van der Waals surface area contributed by atoms with Gasteiger partial charge in [0.05, 0.1) is 29.4 Å². The number of benzene rings is 2. The van der Waals surface area contributed by atoms with Crippen LogP contribution in [0, 0.1) is 10.1 Å². The maximum Gasteiger partial charge on any atom is 0.270 e. The summed E-state index contributed by atoms with van der Waals surface area (Å²) < 4.78 is 5.36. The van der Waals surface area contributed by atoms with Crippen molar-refractivity contribution in [2.75, 3.05) is 41.8 Å². The van der Waals surface area contributed by atoms with Crippen LogP contribution in [0.1, 0.15) is 30.1 Å². The van der Waals surface area contributed by atoms with E-state index in [1.165, 1.54) is 12.1 Å². The first-order valence-corrected chi connectivity index (χ1v) is 9.80. The monoisotopic (exact) mass is 412 g/mol. The number of rotatable bonds is 7. The third kappa shape index (κ3) is 5.32. The Morgan fingerprint density at radius 2 is 1.80 bits per heavy atom. The molecule has 1 aliphatic rings. The lowest BCUT2D eigenvalue weighted by Crippen LogP contribution is -2.37. The molecule has 2 amide bonds. The van der Waals surface area contributed by atoms with Crippen molar-refractivity contribution < 1.29 is 19.2 Å². The van der Waals surface area contributed by atoms with Gasteiger partial charge in [0.1, 0.15) is 0 Å². The minimum absolute atomic E-state index is 0.103. The molecule has 1 aliphatic heterocycles. The van der Waals surface area contributed by atoms with E-state index >= 15 is 0 Å². The molecule has 0 aromatic heterocycles. The highest BCUT2D eigenvalue weighted by atomic mass is 16.6. The maximum absolute atomic E-state index is 13.0. The van der Waals surface area contributed by atoms with Gasteiger partial charge in [0.2, 0.25) is 5.91 Å². The number of non-ortho nitro benzene ring substituents is 1. The lowest BCUT2D eigenvalue weighted by molar-refractivity contribution is -0.384. The molecule has 0 aliphatic carbocycles. The van der Waals surface area contributed by atoms with Gasteiger partial charge in [0, 0.05) is 43.0 Å². The van der Waals surface area contributed by atoms with Crippen molar-refractivity contribution in [3.05, 3.63) is 58.1 Å². The SMILES string of the molecule is CCCC(=O)Nc1cccc(NC(=O)c2cc([N+](=O)[O-])ccc2N2CCOCC2)c1. The average Bonchev–Trinajstić information content (AvgIpc) is 2.74. The van der Waals surface area contributed by atoms with Gasteiger partial charge in [-0.25, -0.2) is 0 Å². The lowest BCUT2D eigenvalue weighted by atomic mass is 10.1. The molecule has 0 radical (unpaired) electrons. The Morgan fingerprint density at radius 3 is 2.47 bits per heavy atom. The van der Waals surface area contributed by atoms with E-state index in [1.807, 2.05) is 11.8 Å². The van der Waals surface area contributed by atoms with Crippen LogP contribution < -0.4 is 15.5 Å². The summed E-state index contributed by atoms with van der Waals surface area (Å²) in [5, 5.41) is 16.8. The molecule has 0 unspecified atom stereocenters. The van der Waals surface area contributed by atoms with Gasteiger partial charge in [-0.2, -0.15) is 0 Å². The number of amides is 2. The number of nitro benzene ring substituents is 1. The smallest absolute Gasteiger partial charge is 0.270 e. The van der Waals surface area contributed by atoms with Gasteiger partial charge >= 0.3 is 0 Å². The van der Waals surface area contributed by atoms with Gasteiger partial charge in [0.15, 0.2) is 0 Å². The quantitative estimate of drug-likeness (QED) is 0.532. The van der Waals surface area contributed by atoms with Crippen LogP contribution in [0.25, 0.3) is 0 Å². The highest BCUT2D eigenvalue weighted by Crippen LogP contribution is 2.27. The summed E-state index contributed by atoms with van der Waals surface area (Å²) >= 11 is 0. The van der Waals surface area contributed by atoms with Crippen LogP contribution >= 0.6 is 0 Å². The summed E-state index contributed by atoms with van der Waals surface area (Å²) in [5.74, 6) is -0.563. The summed E-state index contributed by atoms with van der Waals surface area (Å²) in [6.45, 7) is 4.16. The number of nitrogens with zero attached hydrogens (tertiary/aromatic N) is 2. The number of carbonyl (C=O) groups excluding carboxylic acids is 2. The van der Waals surface area contributed by atoms with Crippen molar-refractivity contribution >= 4 is 34.6 Å². The van der Waals surface area contributed by atoms with Crippen LogP contribution in [0.5, 0.6) is 0 Å². The van der Waals surface area contributed by atoms with Crippen molar-refractivity contribution in [1.29, 1.82) is 0 Å². The molecule has 158 valence electrons. The molecule has 30 heavy (non-hydrogen) atoms. The molecule has 0 saturated carbocycles. The molecule has 1 heterocycles. The van der Waals surface area contributed by atoms with E-state index in [4.69, 9.17) is 4.74 Å². The van der Waals surface area contributed by atoms with Crippen molar-refractivity contribution in [3.8, 4) is 0 Å². The molecule has 2 aromatic carbocycles. The van der Waals surface area contributed by atoms with E-state index < -0.39 is 10.8 Å². The second kappa shape index (κ2) is 9.84. The zero-order valence-electron chi connectivity index (χ0n) is 16.7. The minimum Gasteiger partial charge on any atom is -0.378 e. The molecule has 9 heteroatoms. The Hall–Kier alpha value is -3.46. The highest BCUT2D eigenvalue weighted by Gasteiger charge is 2.22. The fourth-order valence-electron chi connectivity index (χ4n) is 3.22. The average molecular weight is 412 g/mol. The molecule has 3 rings (SSSR count). The van der Waals surface area contributed by atoms with Gasteiger partial charge in [0.25, 0.3) is 11.6 Å². The largest absolute Gasteiger partial charge is 0.378 e. The molecule has 2 aromatic rings. The summed E-state index contributed by atoms with van der Waals surface area (Å²) in [7, 11) is 0. The first-order valence-electron chi connectivity index (χ1n) is 9.80.